The van der Waals surface area contributed by atoms with E-state index >= 15 is 0 Å². The van der Waals surface area contributed by atoms with Crippen molar-refractivity contribution in [3.8, 4) is 22.8 Å². The highest BCUT2D eigenvalue weighted by Crippen LogP contribution is 2.34. The summed E-state index contributed by atoms with van der Waals surface area (Å²) in [6.07, 6.45) is 3.88. The van der Waals surface area contributed by atoms with E-state index in [9.17, 15) is 0 Å². The van der Waals surface area contributed by atoms with Crippen LogP contribution in [-0.2, 0) is 0 Å². The van der Waals surface area contributed by atoms with E-state index < -0.39 is 0 Å². The fourth-order valence-corrected chi connectivity index (χ4v) is 4.71. The Hall–Kier alpha value is -4.11. The summed E-state index contributed by atoms with van der Waals surface area (Å²) in [5.74, 6) is 0.948. The van der Waals surface area contributed by atoms with Gasteiger partial charge in [0, 0.05) is 40.1 Å². The van der Waals surface area contributed by atoms with Gasteiger partial charge in [0.15, 0.2) is 0 Å². The van der Waals surface area contributed by atoms with Crippen LogP contribution in [0.4, 0.5) is 0 Å². The highest BCUT2D eigenvalue weighted by molar-refractivity contribution is 6.09. The Kier molecular flexibility index (Phi) is 4.22. The average molecular weight is 414 g/mol. The predicted octanol–water partition coefficient (Wildman–Crippen LogP) is 7.25. The van der Waals surface area contributed by atoms with Gasteiger partial charge in [-0.25, -0.2) is 4.98 Å². The first kappa shape index (κ1) is 18.6. The smallest absolute Gasteiger partial charge is 0.144 e. The molecule has 6 aromatic rings. The minimum absolute atomic E-state index is 0.948. The van der Waals surface area contributed by atoms with Gasteiger partial charge in [-0.1, -0.05) is 48.0 Å². The van der Waals surface area contributed by atoms with Gasteiger partial charge in [0.05, 0.1) is 11.0 Å². The van der Waals surface area contributed by atoms with Crippen LogP contribution in [0, 0.1) is 13.8 Å². The van der Waals surface area contributed by atoms with Crippen molar-refractivity contribution in [2.24, 2.45) is 0 Å². The van der Waals surface area contributed by atoms with Crippen LogP contribution in [-0.4, -0.2) is 14.1 Å². The zero-order valence-corrected chi connectivity index (χ0v) is 18.2. The minimum atomic E-state index is 0.948. The zero-order valence-electron chi connectivity index (χ0n) is 18.2. The molecule has 0 amide bonds. The summed E-state index contributed by atoms with van der Waals surface area (Å²) in [6.45, 7) is 4.34. The molecule has 2 aromatic heterocycles. The highest BCUT2D eigenvalue weighted by Gasteiger charge is 2.15. The molecule has 0 saturated heterocycles. The van der Waals surface area contributed by atoms with Gasteiger partial charge in [0.25, 0.3) is 0 Å². The molecule has 0 atom stereocenters. The van der Waals surface area contributed by atoms with Crippen LogP contribution in [0.1, 0.15) is 11.1 Å². The van der Waals surface area contributed by atoms with Crippen LogP contribution in [0.2, 0.25) is 0 Å². The Morgan fingerprint density at radius 1 is 0.688 bits per heavy atom. The summed E-state index contributed by atoms with van der Waals surface area (Å²) in [4.78, 5) is 4.66. The van der Waals surface area contributed by atoms with Gasteiger partial charge in [0.1, 0.15) is 5.82 Å². The van der Waals surface area contributed by atoms with Crippen LogP contribution < -0.4 is 0 Å². The predicted molar refractivity (Wildman–Crippen MR) is 133 cm³/mol. The molecule has 0 radical (unpaired) electrons. The molecule has 0 aliphatic rings. The summed E-state index contributed by atoms with van der Waals surface area (Å²) in [5.41, 5.74) is 8.37. The fourth-order valence-electron chi connectivity index (χ4n) is 4.71. The molecule has 6 rings (SSSR count). The van der Waals surface area contributed by atoms with E-state index in [2.05, 4.69) is 113 Å². The van der Waals surface area contributed by atoms with Crippen LogP contribution in [0.15, 0.2) is 103 Å². The van der Waals surface area contributed by atoms with Gasteiger partial charge in [-0.05, 0) is 67.9 Å². The molecule has 0 unspecified atom stereocenters. The van der Waals surface area contributed by atoms with Crippen molar-refractivity contribution in [2.75, 3.05) is 0 Å². The van der Waals surface area contributed by atoms with E-state index in [0.717, 1.165) is 17.1 Å². The second-order valence-corrected chi connectivity index (χ2v) is 8.33. The van der Waals surface area contributed by atoms with Crippen LogP contribution in [0.3, 0.4) is 0 Å². The quantitative estimate of drug-likeness (QED) is 0.299. The summed E-state index contributed by atoms with van der Waals surface area (Å²) < 4.78 is 4.52. The third-order valence-corrected chi connectivity index (χ3v) is 6.20. The van der Waals surface area contributed by atoms with Crippen LogP contribution in [0.25, 0.3) is 44.6 Å². The molecule has 3 heteroatoms. The van der Waals surface area contributed by atoms with Gasteiger partial charge in [-0.3, -0.25) is 4.57 Å². The summed E-state index contributed by atoms with van der Waals surface area (Å²) in [6, 6.07) is 32.4. The maximum atomic E-state index is 4.66. The number of fused-ring (bicyclic) bond motifs is 3. The lowest BCUT2D eigenvalue weighted by Crippen LogP contribution is -1.99. The van der Waals surface area contributed by atoms with Crippen molar-refractivity contribution in [1.82, 2.24) is 14.1 Å². The number of aryl methyl sites for hydroxylation is 2. The Morgan fingerprint density at radius 3 is 2.31 bits per heavy atom. The molecule has 154 valence electrons. The van der Waals surface area contributed by atoms with Crippen molar-refractivity contribution >= 4 is 21.8 Å². The molecule has 0 saturated carbocycles. The largest absolute Gasteiger partial charge is 0.309 e. The molecule has 0 aliphatic carbocycles. The number of nitrogens with zero attached hydrogens (tertiary/aromatic N) is 3. The molecule has 3 nitrogen and oxygen atoms in total. The van der Waals surface area contributed by atoms with Crippen molar-refractivity contribution in [1.29, 1.82) is 0 Å². The SMILES string of the molecule is Cc1ccc2c(c1)c1ccccc1n2-c1ccc(-c2nccn2-c2ccccc2)cc1C. The second kappa shape index (κ2) is 7.24. The molecule has 0 spiro atoms. The number of hydrogen-bond acceptors (Lipinski definition) is 1. The first-order chi connectivity index (χ1) is 15.7. The summed E-state index contributed by atoms with van der Waals surface area (Å²) in [7, 11) is 0. The highest BCUT2D eigenvalue weighted by atomic mass is 15.1. The lowest BCUT2D eigenvalue weighted by Gasteiger charge is -2.14. The van der Waals surface area contributed by atoms with Gasteiger partial charge < -0.3 is 4.57 Å². The molecule has 0 fully saturated rings. The topological polar surface area (TPSA) is 22.8 Å². The maximum Gasteiger partial charge on any atom is 0.144 e. The number of aromatic nitrogens is 3. The Morgan fingerprint density at radius 2 is 1.47 bits per heavy atom. The van der Waals surface area contributed by atoms with Crippen LogP contribution >= 0.6 is 0 Å². The number of benzene rings is 4. The van der Waals surface area contributed by atoms with Gasteiger partial charge in [-0.15, -0.1) is 0 Å². The normalized spacial score (nSPS) is 11.4. The Balaban J connectivity index is 1.54. The van der Waals surface area contributed by atoms with E-state index in [0.29, 0.717) is 0 Å². The van der Waals surface area contributed by atoms with E-state index in [1.54, 1.807) is 0 Å². The summed E-state index contributed by atoms with van der Waals surface area (Å²) in [5, 5.41) is 2.58. The molecular formula is C29H23N3. The molecule has 0 bridgehead atoms. The van der Waals surface area contributed by atoms with Crippen molar-refractivity contribution in [2.45, 2.75) is 13.8 Å². The fraction of sp³-hybridized carbons (Fsp3) is 0.0690. The van der Waals surface area contributed by atoms with Gasteiger partial charge >= 0.3 is 0 Å². The Labute approximate surface area is 187 Å². The first-order valence-corrected chi connectivity index (χ1v) is 10.9. The van der Waals surface area contributed by atoms with Crippen molar-refractivity contribution < 1.29 is 0 Å². The monoisotopic (exact) mass is 413 g/mol. The average Bonchev–Trinajstić information content (AvgIpc) is 3.43. The van der Waals surface area contributed by atoms with Crippen LogP contribution in [0.5, 0.6) is 0 Å². The van der Waals surface area contributed by atoms with Crippen molar-refractivity contribution in [3.05, 3.63) is 115 Å². The van der Waals surface area contributed by atoms with E-state index in [1.165, 1.54) is 38.6 Å². The maximum absolute atomic E-state index is 4.66. The molecular weight excluding hydrogens is 390 g/mol. The second-order valence-electron chi connectivity index (χ2n) is 8.33. The lowest BCUT2D eigenvalue weighted by molar-refractivity contribution is 1.06. The number of imidazole rings is 1. The Bertz CT molecular complexity index is 1590. The van der Waals surface area contributed by atoms with E-state index in [1.807, 2.05) is 18.5 Å². The lowest BCUT2D eigenvalue weighted by atomic mass is 10.1. The molecule has 0 N–H and O–H groups in total. The zero-order chi connectivity index (χ0) is 21.7. The first-order valence-electron chi connectivity index (χ1n) is 10.9. The number of hydrogen-bond donors (Lipinski definition) is 0. The van der Waals surface area contributed by atoms with E-state index in [-0.39, 0.29) is 0 Å². The van der Waals surface area contributed by atoms with E-state index in [4.69, 9.17) is 0 Å². The molecule has 0 aliphatic heterocycles. The van der Waals surface area contributed by atoms with Gasteiger partial charge in [0.2, 0.25) is 0 Å². The minimum Gasteiger partial charge on any atom is -0.309 e. The summed E-state index contributed by atoms with van der Waals surface area (Å²) >= 11 is 0. The van der Waals surface area contributed by atoms with Crippen molar-refractivity contribution in [3.63, 3.8) is 0 Å². The third-order valence-electron chi connectivity index (χ3n) is 6.20. The number of rotatable bonds is 3. The molecule has 4 aromatic carbocycles. The molecule has 2 heterocycles. The molecule has 32 heavy (non-hydrogen) atoms. The van der Waals surface area contributed by atoms with Gasteiger partial charge in [-0.2, -0.15) is 0 Å². The number of para-hydroxylation sites is 2. The third kappa shape index (κ3) is 2.86. The standard InChI is InChI=1S/C29H23N3/c1-20-12-14-28-25(18-20)24-10-6-7-11-27(24)32(28)26-15-13-22(19-21(26)2)29-30-16-17-31(29)23-8-4-3-5-9-23/h3-19H,1-2H3.